The maximum absolute atomic E-state index is 11.2. The summed E-state index contributed by atoms with van der Waals surface area (Å²) in [7, 11) is 0. The molecule has 0 aromatic heterocycles. The van der Waals surface area contributed by atoms with Gasteiger partial charge in [-0.25, -0.2) is 4.79 Å². The van der Waals surface area contributed by atoms with Crippen molar-refractivity contribution in [3.8, 4) is 0 Å². The zero-order valence-corrected chi connectivity index (χ0v) is 9.00. The van der Waals surface area contributed by atoms with Crippen molar-refractivity contribution >= 4 is 12.0 Å². The summed E-state index contributed by atoms with van der Waals surface area (Å²) in [4.78, 5) is 24.0. The number of nitrogens with zero attached hydrogens (tertiary/aromatic N) is 1. The van der Waals surface area contributed by atoms with Crippen LogP contribution in [0.25, 0.3) is 0 Å². The smallest absolute Gasteiger partial charge is 0.413 e. The summed E-state index contributed by atoms with van der Waals surface area (Å²) in [5.74, 6) is -0.327. The van der Waals surface area contributed by atoms with Crippen LogP contribution in [0.4, 0.5) is 4.79 Å². The Morgan fingerprint density at radius 3 is 2.21 bits per heavy atom. The summed E-state index contributed by atoms with van der Waals surface area (Å²) < 4.78 is 4.57. The van der Waals surface area contributed by atoms with Gasteiger partial charge in [-0.05, 0) is 20.0 Å². The van der Waals surface area contributed by atoms with Gasteiger partial charge in [-0.3, -0.25) is 15.0 Å². The summed E-state index contributed by atoms with van der Waals surface area (Å²) in [6, 6.07) is 0. The summed E-state index contributed by atoms with van der Waals surface area (Å²) in [5.41, 5.74) is 0. The van der Waals surface area contributed by atoms with Crippen molar-refractivity contribution in [2.45, 2.75) is 20.8 Å². The Morgan fingerprint density at radius 2 is 1.79 bits per heavy atom. The van der Waals surface area contributed by atoms with Crippen LogP contribution >= 0.6 is 0 Å². The normalized spacial score (nSPS) is 10.0. The summed E-state index contributed by atoms with van der Waals surface area (Å²) in [6.07, 6.45) is -0.676. The van der Waals surface area contributed by atoms with Gasteiger partial charge < -0.3 is 4.74 Å². The second kappa shape index (κ2) is 7.32. The molecular formula is C9H18N2O3. The lowest BCUT2D eigenvalue weighted by Crippen LogP contribution is -2.40. The van der Waals surface area contributed by atoms with Crippen molar-refractivity contribution in [1.82, 2.24) is 10.2 Å². The van der Waals surface area contributed by atoms with Crippen molar-refractivity contribution in [3.05, 3.63) is 0 Å². The van der Waals surface area contributed by atoms with E-state index >= 15 is 0 Å². The fourth-order valence-electron chi connectivity index (χ4n) is 0.971. The molecule has 82 valence electrons. The molecule has 1 N–H and O–H groups in total. The van der Waals surface area contributed by atoms with Crippen LogP contribution in [0.5, 0.6) is 0 Å². The number of alkyl carbamates (subject to hydrolysis) is 1. The van der Waals surface area contributed by atoms with Gasteiger partial charge >= 0.3 is 6.09 Å². The third-order valence-electron chi connectivity index (χ3n) is 1.78. The lowest BCUT2D eigenvalue weighted by atomic mass is 10.4. The van der Waals surface area contributed by atoms with Gasteiger partial charge in [0.1, 0.15) is 0 Å². The Kier molecular flexibility index (Phi) is 6.74. The molecule has 0 saturated carbocycles. The molecule has 0 spiro atoms. The van der Waals surface area contributed by atoms with Gasteiger partial charge in [-0.15, -0.1) is 0 Å². The molecule has 5 nitrogen and oxygen atoms in total. The molecule has 0 heterocycles. The Bertz CT molecular complexity index is 190. The number of rotatable bonds is 5. The van der Waals surface area contributed by atoms with Crippen LogP contribution in [0.1, 0.15) is 20.8 Å². The first kappa shape index (κ1) is 12.9. The van der Waals surface area contributed by atoms with Crippen LogP contribution < -0.4 is 5.32 Å². The Balaban J connectivity index is 3.79. The number of likely N-dealkylation sites (N-methyl/N-ethyl adjacent to an activating group) is 1. The molecule has 0 bridgehead atoms. The average molecular weight is 202 g/mol. The summed E-state index contributed by atoms with van der Waals surface area (Å²) in [5, 5.41) is 2.14. The molecule has 0 fully saturated rings. The van der Waals surface area contributed by atoms with Gasteiger partial charge in [0.05, 0.1) is 13.2 Å². The molecule has 0 aliphatic rings. The van der Waals surface area contributed by atoms with Crippen molar-refractivity contribution in [2.75, 3.05) is 26.2 Å². The molecular weight excluding hydrogens is 184 g/mol. The molecule has 0 saturated heterocycles. The number of ether oxygens (including phenoxy) is 1. The fraction of sp³-hybridized carbons (Fsp3) is 0.778. The van der Waals surface area contributed by atoms with E-state index in [1.807, 2.05) is 18.7 Å². The first-order valence-corrected chi connectivity index (χ1v) is 4.82. The molecule has 0 unspecified atom stereocenters. The van der Waals surface area contributed by atoms with Gasteiger partial charge in [-0.2, -0.15) is 0 Å². The van der Waals surface area contributed by atoms with E-state index < -0.39 is 6.09 Å². The number of carbonyl (C=O) groups excluding carboxylic acids is 2. The highest BCUT2D eigenvalue weighted by atomic mass is 16.5. The lowest BCUT2D eigenvalue weighted by Gasteiger charge is -2.16. The highest BCUT2D eigenvalue weighted by molar-refractivity contribution is 5.92. The third kappa shape index (κ3) is 5.53. The van der Waals surface area contributed by atoms with E-state index in [1.54, 1.807) is 6.92 Å². The minimum absolute atomic E-state index is 0.228. The highest BCUT2D eigenvalue weighted by Crippen LogP contribution is 1.86. The molecule has 0 rings (SSSR count). The molecule has 2 amide bonds. The maximum atomic E-state index is 11.2. The van der Waals surface area contributed by atoms with Crippen molar-refractivity contribution in [3.63, 3.8) is 0 Å². The second-order valence-corrected chi connectivity index (χ2v) is 2.73. The summed E-state index contributed by atoms with van der Waals surface area (Å²) in [6.45, 7) is 7.67. The van der Waals surface area contributed by atoms with Crippen LogP contribution in [0.3, 0.4) is 0 Å². The first-order chi connectivity index (χ1) is 6.63. The maximum Gasteiger partial charge on any atom is 0.413 e. The quantitative estimate of drug-likeness (QED) is 0.709. The van der Waals surface area contributed by atoms with Crippen molar-refractivity contribution < 1.29 is 14.3 Å². The van der Waals surface area contributed by atoms with Crippen LogP contribution in [-0.4, -0.2) is 43.1 Å². The number of hydrogen-bond acceptors (Lipinski definition) is 4. The van der Waals surface area contributed by atoms with Gasteiger partial charge in [-0.1, -0.05) is 13.8 Å². The largest absolute Gasteiger partial charge is 0.450 e. The van der Waals surface area contributed by atoms with E-state index in [2.05, 4.69) is 10.1 Å². The number of hydrogen-bond donors (Lipinski definition) is 1. The number of amides is 2. The molecule has 5 heteroatoms. The predicted octanol–water partition coefficient (Wildman–Crippen LogP) is 0.601. The van der Waals surface area contributed by atoms with E-state index in [1.165, 1.54) is 0 Å². The zero-order chi connectivity index (χ0) is 11.0. The van der Waals surface area contributed by atoms with Gasteiger partial charge in [0, 0.05) is 0 Å². The van der Waals surface area contributed by atoms with E-state index in [4.69, 9.17) is 0 Å². The summed E-state index contributed by atoms with van der Waals surface area (Å²) >= 11 is 0. The van der Waals surface area contributed by atoms with Crippen molar-refractivity contribution in [2.24, 2.45) is 0 Å². The number of imide groups is 1. The van der Waals surface area contributed by atoms with Gasteiger partial charge in [0.15, 0.2) is 0 Å². The van der Waals surface area contributed by atoms with Crippen LogP contribution in [0, 0.1) is 0 Å². The average Bonchev–Trinajstić information content (AvgIpc) is 2.14. The molecule has 14 heavy (non-hydrogen) atoms. The molecule has 0 aromatic carbocycles. The van der Waals surface area contributed by atoms with E-state index in [9.17, 15) is 9.59 Å². The van der Waals surface area contributed by atoms with Crippen LogP contribution in [-0.2, 0) is 9.53 Å². The number of carbonyl (C=O) groups is 2. The highest BCUT2D eigenvalue weighted by Gasteiger charge is 2.10. The molecule has 0 aliphatic heterocycles. The second-order valence-electron chi connectivity index (χ2n) is 2.73. The topological polar surface area (TPSA) is 58.6 Å². The fourth-order valence-corrected chi connectivity index (χ4v) is 0.971. The monoisotopic (exact) mass is 202 g/mol. The van der Waals surface area contributed by atoms with E-state index in [0.29, 0.717) is 0 Å². The number of nitrogens with one attached hydrogen (secondary N) is 1. The first-order valence-electron chi connectivity index (χ1n) is 4.82. The minimum atomic E-state index is -0.676. The Labute approximate surface area is 84.4 Å². The predicted molar refractivity (Wildman–Crippen MR) is 53.0 cm³/mol. The third-order valence-corrected chi connectivity index (χ3v) is 1.78. The standard InChI is InChI=1S/C9H18N2O3/c1-4-11(5-2)7-8(12)10-9(13)14-6-3/h4-7H2,1-3H3,(H,10,12,13). The molecule has 0 aromatic rings. The van der Waals surface area contributed by atoms with Crippen LogP contribution in [0.15, 0.2) is 0 Å². The zero-order valence-electron chi connectivity index (χ0n) is 9.00. The van der Waals surface area contributed by atoms with E-state index in [0.717, 1.165) is 13.1 Å². The lowest BCUT2D eigenvalue weighted by molar-refractivity contribution is -0.121. The van der Waals surface area contributed by atoms with Crippen molar-refractivity contribution in [1.29, 1.82) is 0 Å². The Morgan fingerprint density at radius 1 is 1.21 bits per heavy atom. The van der Waals surface area contributed by atoms with Gasteiger partial charge in [0.2, 0.25) is 5.91 Å². The van der Waals surface area contributed by atoms with Crippen LogP contribution in [0.2, 0.25) is 0 Å². The molecule has 0 radical (unpaired) electrons. The molecule has 0 atom stereocenters. The Hall–Kier alpha value is -1.10. The SMILES string of the molecule is CCOC(=O)NC(=O)CN(CC)CC. The minimum Gasteiger partial charge on any atom is -0.450 e. The molecule has 0 aliphatic carbocycles. The van der Waals surface area contributed by atoms with E-state index in [-0.39, 0.29) is 19.1 Å². The van der Waals surface area contributed by atoms with Gasteiger partial charge in [0.25, 0.3) is 0 Å².